The Morgan fingerprint density at radius 2 is 2.21 bits per heavy atom. The van der Waals surface area contributed by atoms with E-state index in [2.05, 4.69) is 30.9 Å². The highest BCUT2D eigenvalue weighted by Gasteiger charge is 2.25. The van der Waals surface area contributed by atoms with Gasteiger partial charge in [0.05, 0.1) is 12.0 Å². The van der Waals surface area contributed by atoms with Gasteiger partial charge in [0.2, 0.25) is 5.89 Å². The van der Waals surface area contributed by atoms with E-state index in [1.54, 1.807) is 0 Å². The molecule has 1 aromatic heterocycles. The van der Waals surface area contributed by atoms with Gasteiger partial charge in [-0.15, -0.1) is 0 Å². The van der Waals surface area contributed by atoms with Gasteiger partial charge < -0.3 is 15.0 Å². The highest BCUT2D eigenvalue weighted by molar-refractivity contribution is 4.97. The fraction of sp³-hybridized carbons (Fsp3) is 0.857. The summed E-state index contributed by atoms with van der Waals surface area (Å²) >= 11 is 0. The van der Waals surface area contributed by atoms with Crippen molar-refractivity contribution >= 4 is 0 Å². The van der Waals surface area contributed by atoms with Crippen LogP contribution in [-0.2, 0) is 11.2 Å². The summed E-state index contributed by atoms with van der Waals surface area (Å²) in [6.07, 6.45) is 4.17. The van der Waals surface area contributed by atoms with E-state index in [9.17, 15) is 0 Å². The summed E-state index contributed by atoms with van der Waals surface area (Å²) in [4.78, 5) is 4.49. The number of nitrogens with zero attached hydrogens (tertiary/aromatic N) is 2. The van der Waals surface area contributed by atoms with Gasteiger partial charge >= 0.3 is 0 Å². The molecule has 1 aliphatic heterocycles. The minimum absolute atomic E-state index is 0.144. The minimum atomic E-state index is 0.144. The SMILES string of the molecule is CC(C)(C)CC(CN)c1nc(CC2CCCO2)no1. The molecule has 0 radical (unpaired) electrons. The van der Waals surface area contributed by atoms with E-state index in [4.69, 9.17) is 15.0 Å². The van der Waals surface area contributed by atoms with Crippen molar-refractivity contribution < 1.29 is 9.26 Å². The summed E-state index contributed by atoms with van der Waals surface area (Å²) < 4.78 is 11.0. The molecule has 2 N–H and O–H groups in total. The Morgan fingerprint density at radius 3 is 2.79 bits per heavy atom. The molecule has 0 aliphatic carbocycles. The minimum Gasteiger partial charge on any atom is -0.378 e. The van der Waals surface area contributed by atoms with Crippen LogP contribution in [0.15, 0.2) is 4.52 Å². The van der Waals surface area contributed by atoms with E-state index in [0.717, 1.165) is 38.1 Å². The topological polar surface area (TPSA) is 74.2 Å². The van der Waals surface area contributed by atoms with Gasteiger partial charge in [-0.3, -0.25) is 0 Å². The van der Waals surface area contributed by atoms with Gasteiger partial charge in [-0.05, 0) is 24.7 Å². The molecular weight excluding hydrogens is 242 g/mol. The van der Waals surface area contributed by atoms with Crippen LogP contribution < -0.4 is 5.73 Å². The fourth-order valence-corrected chi connectivity index (χ4v) is 2.54. The fourth-order valence-electron chi connectivity index (χ4n) is 2.54. The van der Waals surface area contributed by atoms with Crippen molar-refractivity contribution in [1.29, 1.82) is 0 Å². The molecule has 19 heavy (non-hydrogen) atoms. The largest absolute Gasteiger partial charge is 0.378 e. The standard InChI is InChI=1S/C14H25N3O2/c1-14(2,3)8-10(9-15)13-16-12(17-19-13)7-11-5-4-6-18-11/h10-11H,4-9,15H2,1-3H3. The van der Waals surface area contributed by atoms with Gasteiger partial charge in [0.15, 0.2) is 5.82 Å². The Bertz CT molecular complexity index is 392. The molecular formula is C14H25N3O2. The molecule has 1 saturated heterocycles. The van der Waals surface area contributed by atoms with Crippen molar-refractivity contribution in [3.63, 3.8) is 0 Å². The van der Waals surface area contributed by atoms with Crippen molar-refractivity contribution in [2.75, 3.05) is 13.2 Å². The lowest BCUT2D eigenvalue weighted by Crippen LogP contribution is -2.19. The zero-order chi connectivity index (χ0) is 13.9. The van der Waals surface area contributed by atoms with Gasteiger partial charge in [0, 0.05) is 19.6 Å². The summed E-state index contributed by atoms with van der Waals surface area (Å²) in [5.74, 6) is 1.56. The third kappa shape index (κ3) is 4.28. The Hall–Kier alpha value is -0.940. The number of nitrogens with two attached hydrogens (primary N) is 1. The predicted molar refractivity (Wildman–Crippen MR) is 72.8 cm³/mol. The van der Waals surface area contributed by atoms with Crippen molar-refractivity contribution in [2.24, 2.45) is 11.1 Å². The van der Waals surface area contributed by atoms with Crippen LogP contribution in [-0.4, -0.2) is 29.4 Å². The van der Waals surface area contributed by atoms with Crippen molar-refractivity contribution in [1.82, 2.24) is 10.1 Å². The molecule has 2 heterocycles. The van der Waals surface area contributed by atoms with Crippen molar-refractivity contribution in [2.45, 2.75) is 58.5 Å². The van der Waals surface area contributed by atoms with Gasteiger partial charge in [-0.1, -0.05) is 25.9 Å². The molecule has 1 aromatic rings. The van der Waals surface area contributed by atoms with Crippen LogP contribution >= 0.6 is 0 Å². The smallest absolute Gasteiger partial charge is 0.231 e. The van der Waals surface area contributed by atoms with Crippen LogP contribution in [0.3, 0.4) is 0 Å². The van der Waals surface area contributed by atoms with Gasteiger partial charge in [0.25, 0.3) is 0 Å². The second kappa shape index (κ2) is 6.01. The first-order chi connectivity index (χ1) is 8.98. The molecule has 1 aliphatic rings. The van der Waals surface area contributed by atoms with E-state index in [0.29, 0.717) is 12.4 Å². The normalized spacial score (nSPS) is 21.8. The van der Waals surface area contributed by atoms with Crippen LogP contribution in [0.1, 0.15) is 57.7 Å². The molecule has 0 saturated carbocycles. The maximum atomic E-state index is 5.83. The maximum Gasteiger partial charge on any atom is 0.231 e. The monoisotopic (exact) mass is 267 g/mol. The van der Waals surface area contributed by atoms with E-state index < -0.39 is 0 Å². The molecule has 2 atom stereocenters. The van der Waals surface area contributed by atoms with Crippen molar-refractivity contribution in [3.05, 3.63) is 11.7 Å². The lowest BCUT2D eigenvalue weighted by molar-refractivity contribution is 0.109. The molecule has 0 bridgehead atoms. The van der Waals surface area contributed by atoms with Crippen LogP contribution in [0.25, 0.3) is 0 Å². The predicted octanol–water partition coefficient (Wildman–Crippen LogP) is 2.27. The zero-order valence-corrected chi connectivity index (χ0v) is 12.2. The average molecular weight is 267 g/mol. The van der Waals surface area contributed by atoms with Crippen LogP contribution in [0.4, 0.5) is 0 Å². The number of ether oxygens (including phenoxy) is 1. The first-order valence-electron chi connectivity index (χ1n) is 7.12. The van der Waals surface area contributed by atoms with Gasteiger partial charge in [-0.2, -0.15) is 4.98 Å². The second-order valence-corrected chi connectivity index (χ2v) is 6.59. The summed E-state index contributed by atoms with van der Waals surface area (Å²) in [7, 11) is 0. The summed E-state index contributed by atoms with van der Waals surface area (Å²) in [5.41, 5.74) is 6.03. The molecule has 1 fully saturated rings. The van der Waals surface area contributed by atoms with Crippen LogP contribution in [0.5, 0.6) is 0 Å². The molecule has 2 unspecified atom stereocenters. The average Bonchev–Trinajstić information content (AvgIpc) is 2.97. The summed E-state index contributed by atoms with van der Waals surface area (Å²) in [6, 6.07) is 0. The lowest BCUT2D eigenvalue weighted by atomic mass is 9.84. The molecule has 5 heteroatoms. The second-order valence-electron chi connectivity index (χ2n) is 6.59. The van der Waals surface area contributed by atoms with Crippen LogP contribution in [0.2, 0.25) is 0 Å². The Morgan fingerprint density at radius 1 is 1.42 bits per heavy atom. The number of aromatic nitrogens is 2. The quantitative estimate of drug-likeness (QED) is 0.885. The van der Waals surface area contributed by atoms with E-state index >= 15 is 0 Å². The number of rotatable bonds is 5. The highest BCUT2D eigenvalue weighted by atomic mass is 16.5. The third-order valence-electron chi connectivity index (χ3n) is 3.41. The van der Waals surface area contributed by atoms with E-state index in [1.807, 2.05) is 0 Å². The van der Waals surface area contributed by atoms with Crippen LogP contribution in [0, 0.1) is 5.41 Å². The molecule has 2 rings (SSSR count). The zero-order valence-electron chi connectivity index (χ0n) is 12.2. The van der Waals surface area contributed by atoms with Gasteiger partial charge in [0.1, 0.15) is 0 Å². The van der Waals surface area contributed by atoms with Gasteiger partial charge in [-0.25, -0.2) is 0 Å². The molecule has 0 spiro atoms. The third-order valence-corrected chi connectivity index (χ3v) is 3.41. The maximum absolute atomic E-state index is 5.83. The highest BCUT2D eigenvalue weighted by Crippen LogP contribution is 2.29. The van der Waals surface area contributed by atoms with E-state index in [-0.39, 0.29) is 17.4 Å². The lowest BCUT2D eigenvalue weighted by Gasteiger charge is -2.22. The molecule has 5 nitrogen and oxygen atoms in total. The summed E-state index contributed by atoms with van der Waals surface area (Å²) in [6.45, 7) is 7.97. The number of hydrogen-bond acceptors (Lipinski definition) is 5. The first kappa shape index (κ1) is 14.5. The summed E-state index contributed by atoms with van der Waals surface area (Å²) in [5, 5.41) is 4.06. The molecule has 108 valence electrons. The van der Waals surface area contributed by atoms with E-state index in [1.165, 1.54) is 0 Å². The Balaban J connectivity index is 1.97. The number of hydrogen-bond donors (Lipinski definition) is 1. The van der Waals surface area contributed by atoms with Crippen molar-refractivity contribution in [3.8, 4) is 0 Å². The first-order valence-corrected chi connectivity index (χ1v) is 7.12. The Kier molecular flexibility index (Phi) is 4.58. The Labute approximate surface area is 114 Å². The molecule has 0 amide bonds. The molecule has 0 aromatic carbocycles.